The normalized spacial score (nSPS) is 24.9. The third-order valence-electron chi connectivity index (χ3n) is 10.8. The Balaban J connectivity index is 1.21. The number of carboxylic acid groups (broad SMARTS) is 1. The largest absolute Gasteiger partial charge is 0.481 e. The summed E-state index contributed by atoms with van der Waals surface area (Å²) in [6.45, 7) is 7.05. The van der Waals surface area contributed by atoms with E-state index in [0.717, 1.165) is 52.6 Å². The van der Waals surface area contributed by atoms with Crippen LogP contribution in [0.2, 0.25) is 0 Å². The zero-order chi connectivity index (χ0) is 37.5. The van der Waals surface area contributed by atoms with Gasteiger partial charge >= 0.3 is 5.97 Å². The fourth-order valence-electron chi connectivity index (χ4n) is 8.20. The summed E-state index contributed by atoms with van der Waals surface area (Å²) in [5, 5.41) is 24.6. The molecule has 6 rings (SSSR count). The van der Waals surface area contributed by atoms with Crippen LogP contribution in [-0.4, -0.2) is 63.2 Å². The van der Waals surface area contributed by atoms with Gasteiger partial charge in [0.25, 0.3) is 0 Å². The number of fused-ring (bicyclic) bond motifs is 1. The highest BCUT2D eigenvalue weighted by Gasteiger charge is 2.44. The van der Waals surface area contributed by atoms with Crippen molar-refractivity contribution < 1.29 is 34.1 Å². The SMILES string of the molecule is CC(C)(C)NC(=O)C1CCC2CCCCC2N1CC1CC(c2ccc(CO)cc2)OC(c2ccc(-c3cccc(CNC(=O)CCC(=O)O)c3)cc2)O1. The van der Waals surface area contributed by atoms with Crippen LogP contribution < -0.4 is 10.6 Å². The second-order valence-corrected chi connectivity index (χ2v) is 16.0. The number of nitrogens with one attached hydrogen (secondary N) is 2. The fraction of sp³-hybridized carbons (Fsp3) is 0.512. The molecule has 6 atom stereocenters. The van der Waals surface area contributed by atoms with Crippen LogP contribution in [0.5, 0.6) is 0 Å². The van der Waals surface area contributed by atoms with Crippen LogP contribution in [0.15, 0.2) is 72.8 Å². The quantitative estimate of drug-likeness (QED) is 0.160. The van der Waals surface area contributed by atoms with Gasteiger partial charge in [-0.15, -0.1) is 0 Å². The molecule has 0 bridgehead atoms. The summed E-state index contributed by atoms with van der Waals surface area (Å²) in [5.74, 6) is -0.593. The van der Waals surface area contributed by atoms with Crippen LogP contribution in [0.25, 0.3) is 11.1 Å². The molecule has 3 aromatic carbocycles. The van der Waals surface area contributed by atoms with Gasteiger partial charge in [-0.05, 0) is 86.3 Å². The molecular formula is C43H55N3O7. The Kier molecular flexibility index (Phi) is 12.7. The third kappa shape index (κ3) is 10.3. The molecule has 10 heteroatoms. The molecule has 10 nitrogen and oxygen atoms in total. The van der Waals surface area contributed by atoms with Gasteiger partial charge < -0.3 is 30.3 Å². The average molecular weight is 726 g/mol. The van der Waals surface area contributed by atoms with Gasteiger partial charge in [0, 0.05) is 43.1 Å². The van der Waals surface area contributed by atoms with E-state index < -0.39 is 12.3 Å². The molecule has 2 amide bonds. The van der Waals surface area contributed by atoms with Gasteiger partial charge in [0.1, 0.15) is 0 Å². The minimum atomic E-state index is -0.994. The van der Waals surface area contributed by atoms with Gasteiger partial charge in [0.2, 0.25) is 11.8 Å². The first-order chi connectivity index (χ1) is 25.5. The molecule has 284 valence electrons. The standard InChI is InChI=1S/C43H55N3O7/c1-43(2,3)45-41(51)37-20-19-31-8-4-5-10-36(31)46(37)26-35-24-38(32-13-11-28(27-47)12-14-32)53-42(52-35)33-17-15-30(16-18-33)34-9-6-7-29(23-34)25-44-39(48)21-22-40(49)50/h6-7,9,11-18,23,31,35-38,42,47H,4-5,8,10,19-22,24-27H2,1-3H3,(H,44,48)(H,45,51)(H,49,50). The Bertz CT molecular complexity index is 1700. The van der Waals surface area contributed by atoms with Crippen molar-refractivity contribution >= 4 is 17.8 Å². The summed E-state index contributed by atoms with van der Waals surface area (Å²) in [4.78, 5) is 39.1. The van der Waals surface area contributed by atoms with Crippen molar-refractivity contribution in [2.24, 2.45) is 5.92 Å². The third-order valence-corrected chi connectivity index (χ3v) is 10.8. The van der Waals surface area contributed by atoms with Crippen LogP contribution in [0.1, 0.15) is 113 Å². The first-order valence-corrected chi connectivity index (χ1v) is 19.2. The van der Waals surface area contributed by atoms with Crippen LogP contribution in [0, 0.1) is 5.92 Å². The number of rotatable bonds is 12. The highest BCUT2D eigenvalue weighted by Crippen LogP contribution is 2.42. The van der Waals surface area contributed by atoms with Crippen molar-refractivity contribution in [3.63, 3.8) is 0 Å². The van der Waals surface area contributed by atoms with E-state index in [4.69, 9.17) is 14.6 Å². The zero-order valence-electron chi connectivity index (χ0n) is 31.3. The van der Waals surface area contributed by atoms with Gasteiger partial charge in [0.15, 0.2) is 6.29 Å². The summed E-state index contributed by atoms with van der Waals surface area (Å²) in [5.41, 5.74) is 5.36. The molecule has 53 heavy (non-hydrogen) atoms. The number of aliphatic hydroxyl groups is 1. The van der Waals surface area contributed by atoms with Crippen LogP contribution >= 0.6 is 0 Å². The number of hydrogen-bond acceptors (Lipinski definition) is 7. The van der Waals surface area contributed by atoms with Gasteiger partial charge in [-0.3, -0.25) is 19.3 Å². The number of ether oxygens (including phenoxy) is 2. The van der Waals surface area contributed by atoms with E-state index in [1.807, 2.05) is 93.6 Å². The Morgan fingerprint density at radius 2 is 1.57 bits per heavy atom. The molecule has 6 unspecified atom stereocenters. The Morgan fingerprint density at radius 3 is 2.28 bits per heavy atom. The average Bonchev–Trinajstić information content (AvgIpc) is 3.15. The summed E-state index contributed by atoms with van der Waals surface area (Å²) < 4.78 is 13.5. The maximum atomic E-state index is 13.8. The fourth-order valence-corrected chi connectivity index (χ4v) is 8.20. The number of aliphatic hydroxyl groups excluding tert-OH is 1. The molecule has 1 saturated carbocycles. The lowest BCUT2D eigenvalue weighted by Gasteiger charge is -2.50. The highest BCUT2D eigenvalue weighted by atomic mass is 16.7. The van der Waals surface area contributed by atoms with Crippen molar-refractivity contribution in [3.05, 3.63) is 95.1 Å². The number of hydrogen-bond donors (Lipinski definition) is 4. The topological polar surface area (TPSA) is 137 Å². The van der Waals surface area contributed by atoms with Gasteiger partial charge in [-0.2, -0.15) is 0 Å². The number of carbonyl (C=O) groups is 3. The number of nitrogens with zero attached hydrogens (tertiary/aromatic N) is 1. The summed E-state index contributed by atoms with van der Waals surface area (Å²) >= 11 is 0. The Hall–Kier alpha value is -4.09. The molecule has 0 aromatic heterocycles. The number of carboxylic acids is 1. The Morgan fingerprint density at radius 1 is 0.830 bits per heavy atom. The molecule has 1 aliphatic carbocycles. The molecule has 3 aliphatic rings. The lowest BCUT2D eigenvalue weighted by atomic mass is 9.75. The number of carbonyl (C=O) groups excluding carboxylic acids is 2. The maximum Gasteiger partial charge on any atom is 0.303 e. The van der Waals surface area contributed by atoms with Crippen molar-refractivity contribution in [2.75, 3.05) is 6.54 Å². The molecular weight excluding hydrogens is 670 g/mol. The predicted octanol–water partition coefficient (Wildman–Crippen LogP) is 6.81. The van der Waals surface area contributed by atoms with Crippen LogP contribution in [0.4, 0.5) is 0 Å². The summed E-state index contributed by atoms with van der Waals surface area (Å²) in [7, 11) is 0. The number of likely N-dealkylation sites (tertiary alicyclic amines) is 1. The van der Waals surface area contributed by atoms with Crippen molar-refractivity contribution in [2.45, 2.75) is 128 Å². The van der Waals surface area contributed by atoms with Crippen molar-refractivity contribution in [1.82, 2.24) is 15.5 Å². The lowest BCUT2D eigenvalue weighted by Crippen LogP contribution is -2.61. The molecule has 0 spiro atoms. The monoisotopic (exact) mass is 725 g/mol. The number of amides is 2. The van der Waals surface area contributed by atoms with E-state index in [1.54, 1.807) is 0 Å². The zero-order valence-corrected chi connectivity index (χ0v) is 31.3. The minimum absolute atomic E-state index is 0.0214. The molecule has 2 heterocycles. The number of benzene rings is 3. The maximum absolute atomic E-state index is 13.8. The molecule has 0 radical (unpaired) electrons. The van der Waals surface area contributed by atoms with Crippen LogP contribution in [0.3, 0.4) is 0 Å². The van der Waals surface area contributed by atoms with Gasteiger partial charge in [0.05, 0.1) is 31.3 Å². The lowest BCUT2D eigenvalue weighted by molar-refractivity contribution is -0.255. The summed E-state index contributed by atoms with van der Waals surface area (Å²) in [6.07, 6.45) is 6.04. The highest BCUT2D eigenvalue weighted by molar-refractivity contribution is 5.82. The molecule has 2 saturated heterocycles. The molecule has 4 N–H and O–H groups in total. The van der Waals surface area contributed by atoms with Crippen LogP contribution in [-0.2, 0) is 37.0 Å². The molecule has 3 aromatic rings. The first-order valence-electron chi connectivity index (χ1n) is 19.2. The van der Waals surface area contributed by atoms with Gasteiger partial charge in [-0.25, -0.2) is 0 Å². The van der Waals surface area contributed by atoms with Crippen molar-refractivity contribution in [1.29, 1.82) is 0 Å². The van der Waals surface area contributed by atoms with E-state index in [0.29, 0.717) is 31.5 Å². The first kappa shape index (κ1) is 38.6. The van der Waals surface area contributed by atoms with E-state index in [-0.39, 0.29) is 55.1 Å². The smallest absolute Gasteiger partial charge is 0.303 e. The molecule has 3 fully saturated rings. The number of aliphatic carboxylic acids is 1. The van der Waals surface area contributed by atoms with E-state index in [2.05, 4.69) is 15.5 Å². The van der Waals surface area contributed by atoms with Crippen molar-refractivity contribution in [3.8, 4) is 11.1 Å². The second kappa shape index (κ2) is 17.4. The molecule has 2 aliphatic heterocycles. The van der Waals surface area contributed by atoms with E-state index in [1.165, 1.54) is 19.3 Å². The predicted molar refractivity (Wildman–Crippen MR) is 202 cm³/mol. The number of piperidine rings is 1. The van der Waals surface area contributed by atoms with E-state index >= 15 is 0 Å². The second-order valence-electron chi connectivity index (χ2n) is 16.0. The summed E-state index contributed by atoms with van der Waals surface area (Å²) in [6, 6.07) is 24.2. The minimum Gasteiger partial charge on any atom is -0.481 e. The van der Waals surface area contributed by atoms with E-state index in [9.17, 15) is 19.5 Å². The Labute approximate surface area is 313 Å². The van der Waals surface area contributed by atoms with Gasteiger partial charge in [-0.1, -0.05) is 79.6 Å².